The molecule has 0 aromatic rings. The zero-order valence-corrected chi connectivity index (χ0v) is 39.7. The van der Waals surface area contributed by atoms with Crippen LogP contribution in [-0.2, 0) is 37.4 Å². The first kappa shape index (κ1) is 56.2. The van der Waals surface area contributed by atoms with Crippen LogP contribution in [0.2, 0.25) is 0 Å². The maximum atomic E-state index is 12.7. The molecule has 0 spiro atoms. The van der Waals surface area contributed by atoms with Crippen molar-refractivity contribution in [3.8, 4) is 0 Å². The first-order valence-corrected chi connectivity index (χ1v) is 24.9. The number of hydrogen-bond donors (Lipinski definition) is 1. The normalized spacial score (nSPS) is 17.6. The van der Waals surface area contributed by atoms with Crippen LogP contribution in [0.4, 0.5) is 0 Å². The molecule has 1 rings (SSSR count). The van der Waals surface area contributed by atoms with Gasteiger partial charge in [0, 0.05) is 12.8 Å². The van der Waals surface area contributed by atoms with E-state index in [1.54, 1.807) is 0 Å². The van der Waals surface area contributed by atoms with Crippen molar-refractivity contribution in [3.63, 3.8) is 0 Å². The Morgan fingerprint density at radius 1 is 0.607 bits per heavy atom. The number of likely N-dealkylation sites (N-methyl/N-ethyl adjacent to an activating group) is 1. The predicted molar refractivity (Wildman–Crippen MR) is 251 cm³/mol. The fourth-order valence-corrected chi connectivity index (χ4v) is 6.76. The fourth-order valence-electron chi connectivity index (χ4n) is 6.02. The van der Waals surface area contributed by atoms with Crippen molar-refractivity contribution in [2.24, 2.45) is 0 Å². The lowest BCUT2D eigenvalue weighted by atomic mass is 10.1. The van der Waals surface area contributed by atoms with Crippen LogP contribution in [0.3, 0.4) is 0 Å². The largest absolute Gasteiger partial charge is 0.472 e. The lowest BCUT2D eigenvalue weighted by Crippen LogP contribution is -2.37. The van der Waals surface area contributed by atoms with Crippen LogP contribution >= 0.6 is 7.82 Å². The van der Waals surface area contributed by atoms with Crippen molar-refractivity contribution in [3.05, 3.63) is 85.1 Å². The summed E-state index contributed by atoms with van der Waals surface area (Å²) in [4.78, 5) is 35.6. The van der Waals surface area contributed by atoms with E-state index in [-0.39, 0.29) is 38.3 Å². The molecule has 1 aliphatic rings. The number of esters is 2. The van der Waals surface area contributed by atoms with Crippen molar-refractivity contribution in [2.75, 3.05) is 47.5 Å². The summed E-state index contributed by atoms with van der Waals surface area (Å²) in [6.07, 6.45) is 50.8. The number of allylic oxidation sites excluding steroid dienone is 13. The monoisotopic (exact) mass is 875 g/mol. The van der Waals surface area contributed by atoms with Gasteiger partial charge in [-0.2, -0.15) is 0 Å². The molecule has 1 saturated heterocycles. The number of rotatable bonds is 40. The molecule has 11 heteroatoms. The molecule has 1 fully saturated rings. The van der Waals surface area contributed by atoms with E-state index < -0.39 is 32.5 Å². The van der Waals surface area contributed by atoms with Crippen LogP contribution in [0.5, 0.6) is 0 Å². The Morgan fingerprint density at radius 2 is 1.10 bits per heavy atom. The third kappa shape index (κ3) is 38.5. The van der Waals surface area contributed by atoms with E-state index >= 15 is 0 Å². The molecular formula is C50H85NO9P+. The van der Waals surface area contributed by atoms with Crippen molar-refractivity contribution in [2.45, 2.75) is 173 Å². The van der Waals surface area contributed by atoms with Gasteiger partial charge in [-0.1, -0.05) is 131 Å². The SMILES string of the molecule is CCCCC/C=C\C/C=C\C/C=C\C/C=C\CCCCCC(=O)O[C@H](COC(=O)CCCC1OC1C/C=C\C/C=C\C/C=C\CCCCC)COP(=O)(O)OCC[N+](C)(C)C. The van der Waals surface area contributed by atoms with Crippen LogP contribution in [0, 0.1) is 0 Å². The molecule has 0 radical (unpaired) electrons. The molecular weight excluding hydrogens is 790 g/mol. The Kier molecular flexibility index (Phi) is 34.7. The summed E-state index contributed by atoms with van der Waals surface area (Å²) in [6, 6.07) is 0. The van der Waals surface area contributed by atoms with E-state index in [4.69, 9.17) is 23.3 Å². The summed E-state index contributed by atoms with van der Waals surface area (Å²) in [5.74, 6) is -0.919. The lowest BCUT2D eigenvalue weighted by Gasteiger charge is -2.24. The summed E-state index contributed by atoms with van der Waals surface area (Å²) in [7, 11) is 1.40. The molecule has 4 atom stereocenters. The maximum absolute atomic E-state index is 12.7. The molecule has 0 amide bonds. The van der Waals surface area contributed by atoms with Crippen LogP contribution < -0.4 is 0 Å². The maximum Gasteiger partial charge on any atom is 0.472 e. The van der Waals surface area contributed by atoms with Crippen LogP contribution in [0.15, 0.2) is 85.1 Å². The lowest BCUT2D eigenvalue weighted by molar-refractivity contribution is -0.870. The summed E-state index contributed by atoms with van der Waals surface area (Å²) < 4.78 is 40.1. The number of hydrogen-bond acceptors (Lipinski definition) is 8. The highest BCUT2D eigenvalue weighted by atomic mass is 31.2. The van der Waals surface area contributed by atoms with E-state index in [1.807, 2.05) is 21.1 Å². The molecule has 0 aromatic carbocycles. The van der Waals surface area contributed by atoms with E-state index in [0.717, 1.165) is 64.2 Å². The van der Waals surface area contributed by atoms with E-state index in [1.165, 1.54) is 51.4 Å². The van der Waals surface area contributed by atoms with Gasteiger partial charge in [0.1, 0.15) is 19.8 Å². The van der Waals surface area contributed by atoms with Gasteiger partial charge in [0.15, 0.2) is 6.10 Å². The van der Waals surface area contributed by atoms with Gasteiger partial charge in [0.05, 0.1) is 40.0 Å². The summed E-state index contributed by atoms with van der Waals surface area (Å²) in [5.41, 5.74) is 0. The number of epoxide rings is 1. The number of carbonyl (C=O) groups is 2. The molecule has 3 unspecified atom stereocenters. The smallest absolute Gasteiger partial charge is 0.462 e. The minimum Gasteiger partial charge on any atom is -0.462 e. The predicted octanol–water partition coefficient (Wildman–Crippen LogP) is 12.6. The van der Waals surface area contributed by atoms with Gasteiger partial charge in [-0.05, 0) is 96.3 Å². The molecule has 1 heterocycles. The zero-order valence-electron chi connectivity index (χ0n) is 38.8. The van der Waals surface area contributed by atoms with Crippen molar-refractivity contribution >= 4 is 19.8 Å². The molecule has 0 aliphatic carbocycles. The van der Waals surface area contributed by atoms with E-state index in [0.29, 0.717) is 23.9 Å². The van der Waals surface area contributed by atoms with Crippen molar-refractivity contribution in [1.29, 1.82) is 0 Å². The average molecular weight is 875 g/mol. The molecule has 1 N–H and O–H groups in total. The van der Waals surface area contributed by atoms with Crippen LogP contribution in [0.1, 0.15) is 155 Å². The van der Waals surface area contributed by atoms with Gasteiger partial charge in [0.2, 0.25) is 0 Å². The van der Waals surface area contributed by atoms with Gasteiger partial charge >= 0.3 is 19.8 Å². The molecule has 61 heavy (non-hydrogen) atoms. The van der Waals surface area contributed by atoms with Gasteiger partial charge in [0.25, 0.3) is 0 Å². The number of phosphoric acid groups is 1. The second kappa shape index (κ2) is 37.7. The fraction of sp³-hybridized carbons (Fsp3) is 0.680. The van der Waals surface area contributed by atoms with Gasteiger partial charge < -0.3 is 23.6 Å². The summed E-state index contributed by atoms with van der Waals surface area (Å²) >= 11 is 0. The molecule has 1 aliphatic heterocycles. The standard InChI is InChI=1S/C50H84NO9P/c1-6-8-10-12-14-16-18-20-21-22-23-24-25-26-28-30-32-34-36-40-50(53)59-46(45-58-61(54,55)57-43-42-51(3,4)5)44-56-49(52)41-37-39-48-47(60-48)38-35-33-31-29-27-19-17-15-13-11-9-7-2/h14-17,20-21,23-24,26-29,33,35,46-48H,6-13,18-19,22,25,30-32,34,36-45H2,1-5H3/p+1/b16-14-,17-15-,21-20-,24-23-,28-26-,29-27-,35-33-/t46-,47?,48?/m1/s1. The Labute approximate surface area is 371 Å². The van der Waals surface area contributed by atoms with E-state index in [9.17, 15) is 19.0 Å². The first-order chi connectivity index (χ1) is 29.5. The van der Waals surface area contributed by atoms with Crippen LogP contribution in [0.25, 0.3) is 0 Å². The third-order valence-corrected chi connectivity index (χ3v) is 10.8. The highest BCUT2D eigenvalue weighted by molar-refractivity contribution is 7.47. The molecule has 348 valence electrons. The quantitative estimate of drug-likeness (QED) is 0.0160. The average Bonchev–Trinajstić information content (AvgIpc) is 3.97. The first-order valence-electron chi connectivity index (χ1n) is 23.4. The number of quaternary nitrogens is 1. The minimum absolute atomic E-state index is 0.00827. The van der Waals surface area contributed by atoms with Crippen molar-refractivity contribution in [1.82, 2.24) is 0 Å². The number of unbranched alkanes of at least 4 members (excludes halogenated alkanes) is 9. The molecule has 10 nitrogen and oxygen atoms in total. The topological polar surface area (TPSA) is 121 Å². The number of ether oxygens (including phenoxy) is 3. The highest BCUT2D eigenvalue weighted by Gasteiger charge is 2.36. The van der Waals surface area contributed by atoms with Gasteiger partial charge in [-0.25, -0.2) is 4.57 Å². The third-order valence-electron chi connectivity index (χ3n) is 9.82. The molecule has 0 saturated carbocycles. The Balaban J connectivity index is 2.36. The molecule has 0 bridgehead atoms. The summed E-state index contributed by atoms with van der Waals surface area (Å²) in [6.45, 7) is 4.22. The Hall–Kier alpha value is -2.85. The Bertz CT molecular complexity index is 1380. The second-order valence-corrected chi connectivity index (χ2v) is 18.3. The minimum atomic E-state index is -4.41. The number of phosphoric ester groups is 1. The highest BCUT2D eigenvalue weighted by Crippen LogP contribution is 2.43. The number of carbonyl (C=O) groups excluding carboxylic acids is 2. The molecule has 0 aromatic heterocycles. The van der Waals surface area contributed by atoms with Gasteiger partial charge in [-0.3, -0.25) is 18.6 Å². The van der Waals surface area contributed by atoms with E-state index in [2.05, 4.69) is 98.9 Å². The summed E-state index contributed by atoms with van der Waals surface area (Å²) in [5, 5.41) is 0. The second-order valence-electron chi connectivity index (χ2n) is 16.8. The van der Waals surface area contributed by atoms with Crippen molar-refractivity contribution < 1.29 is 46.8 Å². The zero-order chi connectivity index (χ0) is 44.7. The number of nitrogens with zero attached hydrogens (tertiary/aromatic N) is 1. The van der Waals surface area contributed by atoms with Crippen LogP contribution in [-0.4, -0.2) is 87.1 Å². The Morgan fingerprint density at radius 3 is 1.62 bits per heavy atom. The van der Waals surface area contributed by atoms with Gasteiger partial charge in [-0.15, -0.1) is 0 Å².